The zero-order valence-corrected chi connectivity index (χ0v) is 11.0. The molecule has 0 amide bonds. The van der Waals surface area contributed by atoms with Gasteiger partial charge in [0.1, 0.15) is 0 Å². The van der Waals surface area contributed by atoms with Crippen LogP contribution < -0.4 is 5.32 Å². The van der Waals surface area contributed by atoms with Crippen LogP contribution in [0.1, 0.15) is 59.8 Å². The Morgan fingerprint density at radius 1 is 1.27 bits per heavy atom. The van der Waals surface area contributed by atoms with Crippen molar-refractivity contribution in [1.82, 2.24) is 5.32 Å². The predicted octanol–water partition coefficient (Wildman–Crippen LogP) is 2.95. The van der Waals surface area contributed by atoms with Crippen molar-refractivity contribution in [3.05, 3.63) is 0 Å². The van der Waals surface area contributed by atoms with Crippen molar-refractivity contribution in [2.75, 3.05) is 13.1 Å². The van der Waals surface area contributed by atoms with Crippen LogP contribution >= 0.6 is 0 Å². The van der Waals surface area contributed by atoms with E-state index in [4.69, 9.17) is 0 Å². The summed E-state index contributed by atoms with van der Waals surface area (Å²) < 4.78 is 0. The molecule has 0 aromatic heterocycles. The largest absolute Gasteiger partial charge is 0.390 e. The smallest absolute Gasteiger partial charge is 0.0603 e. The molecule has 2 N–H and O–H groups in total. The highest BCUT2D eigenvalue weighted by molar-refractivity contribution is 4.68. The average molecular weight is 215 g/mol. The van der Waals surface area contributed by atoms with Gasteiger partial charge in [-0.05, 0) is 45.7 Å². The van der Waals surface area contributed by atoms with Crippen molar-refractivity contribution in [2.24, 2.45) is 5.92 Å². The lowest BCUT2D eigenvalue weighted by Crippen LogP contribution is -2.29. The molecule has 0 saturated carbocycles. The van der Waals surface area contributed by atoms with Crippen LogP contribution in [0.3, 0.4) is 0 Å². The summed E-state index contributed by atoms with van der Waals surface area (Å²) in [6.45, 7) is 10.3. The second-order valence-corrected chi connectivity index (χ2v) is 5.18. The van der Waals surface area contributed by atoms with Crippen LogP contribution in [0.15, 0.2) is 0 Å². The van der Waals surface area contributed by atoms with Crippen LogP contribution in [0, 0.1) is 5.92 Å². The minimum absolute atomic E-state index is 0.530. The molecule has 0 spiro atoms. The third kappa shape index (κ3) is 10.2. The van der Waals surface area contributed by atoms with Crippen molar-refractivity contribution >= 4 is 0 Å². The normalized spacial score (nSPS) is 14.2. The average Bonchev–Trinajstić information content (AvgIpc) is 2.15. The summed E-state index contributed by atoms with van der Waals surface area (Å²) >= 11 is 0. The number of hydrogen-bond acceptors (Lipinski definition) is 2. The Morgan fingerprint density at radius 3 is 2.40 bits per heavy atom. The highest BCUT2D eigenvalue weighted by atomic mass is 16.3. The zero-order valence-electron chi connectivity index (χ0n) is 11.0. The molecule has 1 unspecified atom stereocenters. The van der Waals surface area contributed by atoms with Crippen molar-refractivity contribution in [3.63, 3.8) is 0 Å². The van der Waals surface area contributed by atoms with E-state index in [9.17, 15) is 5.11 Å². The molecule has 0 radical (unpaired) electrons. The van der Waals surface area contributed by atoms with Crippen LogP contribution in [0.25, 0.3) is 0 Å². The fourth-order valence-electron chi connectivity index (χ4n) is 1.64. The van der Waals surface area contributed by atoms with Crippen LogP contribution in [0.2, 0.25) is 0 Å². The van der Waals surface area contributed by atoms with E-state index in [0.717, 1.165) is 25.4 Å². The van der Waals surface area contributed by atoms with Crippen LogP contribution in [0.4, 0.5) is 0 Å². The lowest BCUT2D eigenvalue weighted by atomic mass is 9.99. The molecule has 0 aliphatic rings. The van der Waals surface area contributed by atoms with E-state index in [1.165, 1.54) is 25.7 Å². The molecule has 2 heteroatoms. The topological polar surface area (TPSA) is 32.3 Å². The van der Waals surface area contributed by atoms with Gasteiger partial charge >= 0.3 is 0 Å². The third-order valence-electron chi connectivity index (χ3n) is 2.89. The van der Waals surface area contributed by atoms with Crippen molar-refractivity contribution in [2.45, 2.75) is 65.4 Å². The van der Waals surface area contributed by atoms with Gasteiger partial charge in [-0.1, -0.05) is 33.1 Å². The Balaban J connectivity index is 3.46. The monoisotopic (exact) mass is 215 g/mol. The Hall–Kier alpha value is -0.0800. The lowest BCUT2D eigenvalue weighted by Gasteiger charge is -2.19. The quantitative estimate of drug-likeness (QED) is 0.580. The van der Waals surface area contributed by atoms with Crippen molar-refractivity contribution in [1.29, 1.82) is 0 Å². The van der Waals surface area contributed by atoms with E-state index in [1.807, 2.05) is 13.8 Å². The van der Waals surface area contributed by atoms with E-state index in [-0.39, 0.29) is 0 Å². The first-order valence-electron chi connectivity index (χ1n) is 6.42. The molecule has 0 fully saturated rings. The van der Waals surface area contributed by atoms with Gasteiger partial charge < -0.3 is 10.4 Å². The van der Waals surface area contributed by atoms with E-state index >= 15 is 0 Å². The van der Waals surface area contributed by atoms with Crippen molar-refractivity contribution < 1.29 is 5.11 Å². The third-order valence-corrected chi connectivity index (χ3v) is 2.89. The maximum Gasteiger partial charge on any atom is 0.0603 e. The fourth-order valence-corrected chi connectivity index (χ4v) is 1.64. The Morgan fingerprint density at radius 2 is 1.93 bits per heavy atom. The SMILES string of the molecule is CCCCC(CC)CNCCC(C)(C)O. The molecule has 0 aromatic rings. The van der Waals surface area contributed by atoms with Crippen molar-refractivity contribution in [3.8, 4) is 0 Å². The van der Waals surface area contributed by atoms with E-state index in [0.29, 0.717) is 0 Å². The van der Waals surface area contributed by atoms with Crippen LogP contribution in [-0.2, 0) is 0 Å². The van der Waals surface area contributed by atoms with Gasteiger partial charge in [-0.2, -0.15) is 0 Å². The van der Waals surface area contributed by atoms with Crippen LogP contribution in [0.5, 0.6) is 0 Å². The van der Waals surface area contributed by atoms with Gasteiger partial charge in [0, 0.05) is 0 Å². The number of rotatable bonds is 9. The maximum atomic E-state index is 9.54. The predicted molar refractivity (Wildman–Crippen MR) is 67.1 cm³/mol. The summed E-state index contributed by atoms with van der Waals surface area (Å²) in [4.78, 5) is 0. The Labute approximate surface area is 95.5 Å². The molecule has 0 aliphatic heterocycles. The van der Waals surface area contributed by atoms with E-state index in [1.54, 1.807) is 0 Å². The standard InChI is InChI=1S/C13H29NO/c1-5-7-8-12(6-2)11-14-10-9-13(3,4)15/h12,14-15H,5-11H2,1-4H3. The molecule has 0 heterocycles. The van der Waals surface area contributed by atoms with Gasteiger partial charge in [0.25, 0.3) is 0 Å². The van der Waals surface area contributed by atoms with Gasteiger partial charge in [0.2, 0.25) is 0 Å². The Kier molecular flexibility index (Phi) is 8.07. The summed E-state index contributed by atoms with van der Waals surface area (Å²) in [5, 5.41) is 13.0. The lowest BCUT2D eigenvalue weighted by molar-refractivity contribution is 0.0709. The van der Waals surface area contributed by atoms with Crippen LogP contribution in [-0.4, -0.2) is 23.8 Å². The molecule has 0 aromatic carbocycles. The summed E-state index contributed by atoms with van der Waals surface area (Å²) in [5.41, 5.74) is -0.530. The minimum atomic E-state index is -0.530. The second kappa shape index (κ2) is 8.12. The summed E-state index contributed by atoms with van der Waals surface area (Å²) in [5.74, 6) is 0.812. The first-order chi connectivity index (χ1) is 6.99. The summed E-state index contributed by atoms with van der Waals surface area (Å²) in [6, 6.07) is 0. The molecule has 0 bridgehead atoms. The summed E-state index contributed by atoms with van der Waals surface area (Å²) in [6.07, 6.45) is 6.06. The first-order valence-corrected chi connectivity index (χ1v) is 6.42. The van der Waals surface area contributed by atoms with Gasteiger partial charge in [0.05, 0.1) is 5.60 Å². The summed E-state index contributed by atoms with van der Waals surface area (Å²) in [7, 11) is 0. The molecular weight excluding hydrogens is 186 g/mol. The highest BCUT2D eigenvalue weighted by Gasteiger charge is 2.11. The fraction of sp³-hybridized carbons (Fsp3) is 1.00. The van der Waals surface area contributed by atoms with Gasteiger partial charge in [-0.25, -0.2) is 0 Å². The Bertz CT molecular complexity index is 140. The number of unbranched alkanes of at least 4 members (excludes halogenated alkanes) is 1. The second-order valence-electron chi connectivity index (χ2n) is 5.18. The van der Waals surface area contributed by atoms with E-state index in [2.05, 4.69) is 19.2 Å². The molecule has 2 nitrogen and oxygen atoms in total. The van der Waals surface area contributed by atoms with Gasteiger partial charge in [-0.15, -0.1) is 0 Å². The molecule has 1 atom stereocenters. The number of nitrogens with one attached hydrogen (secondary N) is 1. The molecule has 0 rings (SSSR count). The zero-order chi connectivity index (χ0) is 11.7. The van der Waals surface area contributed by atoms with E-state index < -0.39 is 5.60 Å². The molecular formula is C13H29NO. The minimum Gasteiger partial charge on any atom is -0.390 e. The molecule has 0 saturated heterocycles. The molecule has 15 heavy (non-hydrogen) atoms. The molecule has 0 aliphatic carbocycles. The number of hydrogen-bond donors (Lipinski definition) is 2. The number of aliphatic hydroxyl groups is 1. The first kappa shape index (κ1) is 14.9. The highest BCUT2D eigenvalue weighted by Crippen LogP contribution is 2.11. The van der Waals surface area contributed by atoms with Gasteiger partial charge in [-0.3, -0.25) is 0 Å². The van der Waals surface area contributed by atoms with Gasteiger partial charge in [0.15, 0.2) is 0 Å². The maximum absolute atomic E-state index is 9.54. The molecule has 92 valence electrons.